The molecule has 0 aliphatic heterocycles. The number of anilines is 6. The first-order valence-electron chi connectivity index (χ1n) is 19.9. The number of para-hydroxylation sites is 4. The van der Waals surface area contributed by atoms with Crippen molar-refractivity contribution in [2.24, 2.45) is 0 Å². The highest BCUT2D eigenvalue weighted by molar-refractivity contribution is 6.25. The second kappa shape index (κ2) is 13.3. The number of nitrogens with zero attached hydrogens (tertiary/aromatic N) is 2. The molecule has 0 spiro atoms. The van der Waals surface area contributed by atoms with Crippen LogP contribution in [0.5, 0.6) is 0 Å². The van der Waals surface area contributed by atoms with Crippen molar-refractivity contribution in [2.45, 2.75) is 0 Å². The van der Waals surface area contributed by atoms with Crippen LogP contribution < -0.4 is 9.80 Å². The monoisotopic (exact) mass is 778 g/mol. The second-order valence-corrected chi connectivity index (χ2v) is 15.1. The fraction of sp³-hybridized carbons (Fsp3) is 0. The summed E-state index contributed by atoms with van der Waals surface area (Å²) in [5.74, 6) is -0.627. The molecule has 2 aromatic heterocycles. The number of fused-ring (bicyclic) bond motifs is 11. The summed E-state index contributed by atoms with van der Waals surface area (Å²) in [5.41, 5.74) is 8.15. The van der Waals surface area contributed by atoms with Crippen molar-refractivity contribution in [3.05, 3.63) is 206 Å². The van der Waals surface area contributed by atoms with E-state index < -0.39 is 0 Å². The van der Waals surface area contributed by atoms with E-state index in [1.165, 1.54) is 24.3 Å². The molecule has 0 fully saturated rings. The van der Waals surface area contributed by atoms with Crippen LogP contribution in [0.3, 0.4) is 0 Å². The van der Waals surface area contributed by atoms with Crippen LogP contribution in [0.4, 0.5) is 42.9 Å². The highest BCUT2D eigenvalue weighted by Gasteiger charge is 2.26. The number of rotatable bonds is 6. The molecule has 0 aliphatic rings. The third-order valence-corrected chi connectivity index (χ3v) is 11.7. The van der Waals surface area contributed by atoms with E-state index in [0.717, 1.165) is 110 Å². The molecule has 0 aliphatic carbocycles. The smallest absolute Gasteiger partial charge is 0.159 e. The lowest BCUT2D eigenvalue weighted by Gasteiger charge is -2.29. The minimum atomic E-state index is -0.313. The van der Waals surface area contributed by atoms with Crippen molar-refractivity contribution in [3.8, 4) is 0 Å². The van der Waals surface area contributed by atoms with E-state index in [1.54, 1.807) is 0 Å². The largest absolute Gasteiger partial charge is 0.454 e. The van der Waals surface area contributed by atoms with Crippen molar-refractivity contribution in [3.63, 3.8) is 0 Å². The quantitative estimate of drug-likeness (QED) is 0.157. The van der Waals surface area contributed by atoms with Gasteiger partial charge in [0.2, 0.25) is 0 Å². The van der Waals surface area contributed by atoms with Crippen LogP contribution in [0.1, 0.15) is 0 Å². The summed E-state index contributed by atoms with van der Waals surface area (Å²) < 4.78 is 42.5. The van der Waals surface area contributed by atoms with Crippen molar-refractivity contribution in [2.75, 3.05) is 9.80 Å². The summed E-state index contributed by atoms with van der Waals surface area (Å²) in [5, 5.41) is 10.2. The second-order valence-electron chi connectivity index (χ2n) is 15.1. The molecule has 0 bridgehead atoms. The van der Waals surface area contributed by atoms with Crippen molar-refractivity contribution in [1.29, 1.82) is 0 Å². The molecule has 60 heavy (non-hydrogen) atoms. The van der Waals surface area contributed by atoms with Crippen molar-refractivity contribution in [1.82, 2.24) is 0 Å². The molecule has 0 saturated carbocycles. The third kappa shape index (κ3) is 5.21. The Bertz CT molecular complexity index is 3400. The van der Waals surface area contributed by atoms with Gasteiger partial charge in [-0.05, 0) is 106 Å². The first-order chi connectivity index (χ1) is 29.6. The Morgan fingerprint density at radius 3 is 1.05 bits per heavy atom. The summed E-state index contributed by atoms with van der Waals surface area (Å²) in [6.45, 7) is 0. The molecule has 4 nitrogen and oxygen atoms in total. The van der Waals surface area contributed by atoms with Crippen LogP contribution in [0.25, 0.3) is 76.2 Å². The molecule has 0 amide bonds. The van der Waals surface area contributed by atoms with Crippen LogP contribution in [0.2, 0.25) is 0 Å². The van der Waals surface area contributed by atoms with Gasteiger partial charge in [0, 0.05) is 43.7 Å². The van der Waals surface area contributed by atoms with Crippen LogP contribution >= 0.6 is 0 Å². The SMILES string of the molecule is Fc1ccc(N(c2cc3c4ccccc4c(N(c4ccc(F)cc4)c4cccc5c4oc4ccccc45)cc3c3ccccc23)c2cccc3c2oc2ccccc23)cc1. The van der Waals surface area contributed by atoms with Gasteiger partial charge >= 0.3 is 0 Å². The normalized spacial score (nSPS) is 11.8. The van der Waals surface area contributed by atoms with Crippen molar-refractivity contribution < 1.29 is 17.6 Å². The van der Waals surface area contributed by atoms with Crippen molar-refractivity contribution >= 4 is 110 Å². The van der Waals surface area contributed by atoms with Crippen LogP contribution in [0, 0.1) is 11.6 Å². The maximum absolute atomic E-state index is 14.6. The van der Waals surface area contributed by atoms with Gasteiger partial charge in [0.15, 0.2) is 11.2 Å². The first-order valence-corrected chi connectivity index (χ1v) is 19.9. The number of hydrogen-bond donors (Lipinski definition) is 0. The molecule has 2 heterocycles. The molecule has 0 saturated heterocycles. The van der Waals surface area contributed by atoms with E-state index in [4.69, 9.17) is 8.83 Å². The van der Waals surface area contributed by atoms with Gasteiger partial charge in [-0.2, -0.15) is 0 Å². The minimum absolute atomic E-state index is 0.313. The Morgan fingerprint density at radius 2 is 0.633 bits per heavy atom. The Morgan fingerprint density at radius 1 is 0.283 bits per heavy atom. The molecule has 10 aromatic carbocycles. The third-order valence-electron chi connectivity index (χ3n) is 11.7. The van der Waals surface area contributed by atoms with Gasteiger partial charge in [0.25, 0.3) is 0 Å². The minimum Gasteiger partial charge on any atom is -0.454 e. The lowest BCUT2D eigenvalue weighted by Crippen LogP contribution is -2.12. The van der Waals surface area contributed by atoms with Gasteiger partial charge < -0.3 is 18.6 Å². The zero-order valence-corrected chi connectivity index (χ0v) is 31.9. The predicted molar refractivity (Wildman–Crippen MR) is 243 cm³/mol. The Kier molecular flexibility index (Phi) is 7.56. The van der Waals surface area contributed by atoms with Crippen LogP contribution in [-0.2, 0) is 0 Å². The van der Waals surface area contributed by atoms with Crippen LogP contribution in [0.15, 0.2) is 203 Å². The van der Waals surface area contributed by atoms with Gasteiger partial charge in [-0.15, -0.1) is 0 Å². The molecule has 0 atom stereocenters. The van der Waals surface area contributed by atoms with Gasteiger partial charge in [0.1, 0.15) is 22.8 Å². The zero-order valence-electron chi connectivity index (χ0n) is 31.9. The molecular formula is C54H32F2N2O2. The predicted octanol–water partition coefficient (Wildman–Crippen LogP) is 16.2. The summed E-state index contributed by atoms with van der Waals surface area (Å²) in [6.07, 6.45) is 0. The highest BCUT2D eigenvalue weighted by Crippen LogP contribution is 2.50. The maximum Gasteiger partial charge on any atom is 0.159 e. The summed E-state index contributed by atoms with van der Waals surface area (Å²) in [4.78, 5) is 4.36. The molecule has 12 rings (SSSR count). The fourth-order valence-corrected chi connectivity index (χ4v) is 9.10. The van der Waals surface area contributed by atoms with Crippen LogP contribution in [-0.4, -0.2) is 0 Å². The highest BCUT2D eigenvalue weighted by atomic mass is 19.1. The first kappa shape index (κ1) is 34.1. The summed E-state index contributed by atoms with van der Waals surface area (Å²) >= 11 is 0. The van der Waals surface area contributed by atoms with E-state index in [1.807, 2.05) is 72.8 Å². The Labute approximate surface area is 342 Å². The Hall–Kier alpha value is -7.96. The van der Waals surface area contributed by atoms with Gasteiger partial charge in [0.05, 0.1) is 22.7 Å². The lowest BCUT2D eigenvalue weighted by molar-refractivity contribution is 0.627. The standard InChI is InChI=1S/C54H32F2N2O2/c55-33-23-27-35(28-24-33)57(47-19-9-17-43-41-15-5-7-21-51(41)59-53(43)47)49-32-46-38-12-2-4-14-40(38)50(31-45(46)37-11-1-3-13-39(37)49)58(36-29-25-34(56)26-30-36)48-20-10-18-44-42-16-6-8-22-52(42)60-54(44)48/h1-32H. The molecule has 6 heteroatoms. The van der Waals surface area contributed by atoms with Gasteiger partial charge in [-0.25, -0.2) is 8.78 Å². The zero-order chi connectivity index (χ0) is 39.9. The lowest BCUT2D eigenvalue weighted by atomic mass is 9.93. The summed E-state index contributed by atoms with van der Waals surface area (Å²) in [6, 6.07) is 63.1. The number of halogens is 2. The fourth-order valence-electron chi connectivity index (χ4n) is 9.10. The molecule has 0 unspecified atom stereocenters. The van der Waals surface area contributed by atoms with Gasteiger partial charge in [-0.3, -0.25) is 0 Å². The number of furan rings is 2. The molecule has 0 N–H and O–H groups in total. The molecule has 0 radical (unpaired) electrons. The van der Waals surface area contributed by atoms with E-state index in [0.29, 0.717) is 0 Å². The molecule has 284 valence electrons. The van der Waals surface area contributed by atoms with E-state index >= 15 is 0 Å². The van der Waals surface area contributed by atoms with E-state index in [2.05, 4.69) is 107 Å². The van der Waals surface area contributed by atoms with Gasteiger partial charge in [-0.1, -0.05) is 109 Å². The summed E-state index contributed by atoms with van der Waals surface area (Å²) in [7, 11) is 0. The number of hydrogen-bond acceptors (Lipinski definition) is 4. The maximum atomic E-state index is 14.6. The number of benzene rings is 10. The van der Waals surface area contributed by atoms with E-state index in [-0.39, 0.29) is 11.6 Å². The molecular weight excluding hydrogens is 747 g/mol. The Balaban J connectivity index is 1.17. The average molecular weight is 779 g/mol. The molecule has 12 aromatic rings. The van der Waals surface area contributed by atoms with E-state index in [9.17, 15) is 8.78 Å². The average Bonchev–Trinajstić information content (AvgIpc) is 3.88. The topological polar surface area (TPSA) is 32.8 Å².